The molecule has 0 unspecified atom stereocenters. The molecule has 3 aromatic rings. The molecule has 8 heteroatoms. The highest BCUT2D eigenvalue weighted by Gasteiger charge is 2.55. The minimum atomic E-state index is -1.31. The molecule has 6 nitrogen and oxygen atoms in total. The number of hydrogen-bond acceptors (Lipinski definition) is 4. The number of thiophene rings is 1. The molecule has 2 aliphatic heterocycles. The average Bonchev–Trinajstić information content (AvgIpc) is 3.20. The Labute approximate surface area is 174 Å². The first-order chi connectivity index (χ1) is 13.9. The van der Waals surface area contributed by atoms with Gasteiger partial charge in [-0.3, -0.25) is 9.59 Å². The van der Waals surface area contributed by atoms with Crippen molar-refractivity contribution >= 4 is 52.1 Å². The molecule has 2 aromatic carbocycles. The number of nitrogens with one attached hydrogen (secondary N) is 2. The molecule has 3 N–H and O–H groups in total. The normalized spacial score (nSPS) is 19.5. The number of carbonyl (C=O) groups is 3. The molecular formula is C21H13ClN2O4S. The summed E-state index contributed by atoms with van der Waals surface area (Å²) in [5.74, 6) is -1.83. The summed E-state index contributed by atoms with van der Waals surface area (Å²) in [5, 5.41) is 15.9. The van der Waals surface area contributed by atoms with Gasteiger partial charge in [-0.05, 0) is 29.3 Å². The largest absolute Gasteiger partial charge is 0.477 e. The molecule has 29 heavy (non-hydrogen) atoms. The fourth-order valence-corrected chi connectivity index (χ4v) is 5.61. The van der Waals surface area contributed by atoms with Crippen LogP contribution >= 0.6 is 22.9 Å². The number of amides is 2. The Hall–Kier alpha value is -3.16. The Balaban J connectivity index is 1.86. The Morgan fingerprint density at radius 1 is 1.10 bits per heavy atom. The highest BCUT2D eigenvalue weighted by molar-refractivity contribution is 7.15. The molecule has 0 radical (unpaired) electrons. The van der Waals surface area contributed by atoms with E-state index < -0.39 is 11.4 Å². The van der Waals surface area contributed by atoms with Gasteiger partial charge in [0.05, 0.1) is 17.0 Å². The summed E-state index contributed by atoms with van der Waals surface area (Å²) in [5.41, 5.74) is 1.30. The van der Waals surface area contributed by atoms with Crippen molar-refractivity contribution in [2.24, 2.45) is 0 Å². The van der Waals surface area contributed by atoms with Crippen LogP contribution in [0.25, 0.3) is 11.1 Å². The van der Waals surface area contributed by atoms with Crippen LogP contribution in [-0.4, -0.2) is 22.9 Å². The molecule has 144 valence electrons. The second-order valence-electron chi connectivity index (χ2n) is 6.96. The summed E-state index contributed by atoms with van der Waals surface area (Å²) >= 11 is 7.21. The first-order valence-corrected chi connectivity index (χ1v) is 9.98. The molecule has 0 bridgehead atoms. The number of benzene rings is 2. The van der Waals surface area contributed by atoms with Gasteiger partial charge in [-0.25, -0.2) is 4.79 Å². The van der Waals surface area contributed by atoms with E-state index in [1.54, 1.807) is 42.5 Å². The number of carbonyl (C=O) groups excluding carboxylic acids is 2. The highest BCUT2D eigenvalue weighted by Crippen LogP contribution is 2.56. The van der Waals surface area contributed by atoms with E-state index in [-0.39, 0.29) is 23.1 Å². The van der Waals surface area contributed by atoms with Crippen molar-refractivity contribution < 1.29 is 19.5 Å². The van der Waals surface area contributed by atoms with Gasteiger partial charge in [0.25, 0.3) is 0 Å². The lowest BCUT2D eigenvalue weighted by molar-refractivity contribution is -0.125. The SMILES string of the molecule is O=C1C[C@]2(C(=O)Nc3ccc(Cl)cc32)c2sc(C(=O)O)c(-c3ccccc3)c2N1. The van der Waals surface area contributed by atoms with Crippen LogP contribution in [-0.2, 0) is 15.0 Å². The van der Waals surface area contributed by atoms with E-state index in [0.29, 0.717) is 38.0 Å². The van der Waals surface area contributed by atoms with E-state index in [2.05, 4.69) is 10.6 Å². The van der Waals surface area contributed by atoms with Gasteiger partial charge in [-0.2, -0.15) is 0 Å². The Morgan fingerprint density at radius 2 is 1.86 bits per heavy atom. The van der Waals surface area contributed by atoms with E-state index in [1.165, 1.54) is 0 Å². The maximum atomic E-state index is 13.2. The third kappa shape index (κ3) is 2.44. The van der Waals surface area contributed by atoms with Crippen LogP contribution in [0.1, 0.15) is 26.5 Å². The molecule has 2 amide bonds. The molecule has 2 aliphatic rings. The van der Waals surface area contributed by atoms with E-state index in [4.69, 9.17) is 11.6 Å². The number of carboxylic acid groups (broad SMARTS) is 1. The first kappa shape index (κ1) is 17.9. The first-order valence-electron chi connectivity index (χ1n) is 8.79. The Bertz CT molecular complexity index is 1220. The summed E-state index contributed by atoms with van der Waals surface area (Å²) in [6.45, 7) is 0. The lowest BCUT2D eigenvalue weighted by atomic mass is 9.74. The van der Waals surface area contributed by atoms with Gasteiger partial charge in [0.1, 0.15) is 10.3 Å². The Morgan fingerprint density at radius 3 is 2.59 bits per heavy atom. The van der Waals surface area contributed by atoms with Crippen LogP contribution < -0.4 is 10.6 Å². The smallest absolute Gasteiger partial charge is 0.346 e. The molecule has 0 fully saturated rings. The third-order valence-electron chi connectivity index (χ3n) is 5.32. The summed E-state index contributed by atoms with van der Waals surface area (Å²) in [6, 6.07) is 14.0. The van der Waals surface area contributed by atoms with Crippen molar-refractivity contribution in [3.8, 4) is 11.1 Å². The van der Waals surface area contributed by atoms with Gasteiger partial charge < -0.3 is 15.7 Å². The van der Waals surface area contributed by atoms with Crippen molar-refractivity contribution in [1.82, 2.24) is 0 Å². The summed E-state index contributed by atoms with van der Waals surface area (Å²) in [4.78, 5) is 38.5. The zero-order valence-electron chi connectivity index (χ0n) is 14.8. The molecule has 0 aliphatic carbocycles. The van der Waals surface area contributed by atoms with Gasteiger partial charge in [0, 0.05) is 16.3 Å². The van der Waals surface area contributed by atoms with Crippen LogP contribution in [0.5, 0.6) is 0 Å². The average molecular weight is 425 g/mol. The summed E-state index contributed by atoms with van der Waals surface area (Å²) < 4.78 is 0. The number of rotatable bonds is 2. The number of halogens is 1. The second kappa shape index (κ2) is 6.17. The van der Waals surface area contributed by atoms with Gasteiger partial charge >= 0.3 is 5.97 Å². The van der Waals surface area contributed by atoms with Crippen LogP contribution in [0.15, 0.2) is 48.5 Å². The Kier molecular flexibility index (Phi) is 3.81. The van der Waals surface area contributed by atoms with E-state index in [1.807, 2.05) is 6.07 Å². The predicted molar refractivity (Wildman–Crippen MR) is 111 cm³/mol. The van der Waals surface area contributed by atoms with E-state index >= 15 is 0 Å². The number of hydrogen-bond donors (Lipinski definition) is 3. The molecule has 1 spiro atoms. The fraction of sp³-hybridized carbons (Fsp3) is 0.0952. The maximum Gasteiger partial charge on any atom is 0.346 e. The van der Waals surface area contributed by atoms with E-state index in [0.717, 1.165) is 11.3 Å². The van der Waals surface area contributed by atoms with Crippen molar-refractivity contribution in [2.75, 3.05) is 10.6 Å². The molecule has 1 atom stereocenters. The van der Waals surface area contributed by atoms with Gasteiger partial charge in [-0.1, -0.05) is 41.9 Å². The van der Waals surface area contributed by atoms with Crippen molar-refractivity contribution in [3.05, 3.63) is 68.9 Å². The molecule has 0 saturated carbocycles. The highest BCUT2D eigenvalue weighted by atomic mass is 35.5. The number of carboxylic acids is 1. The molecule has 3 heterocycles. The van der Waals surface area contributed by atoms with Crippen LogP contribution in [0.2, 0.25) is 5.02 Å². The van der Waals surface area contributed by atoms with Crippen LogP contribution in [0, 0.1) is 0 Å². The van der Waals surface area contributed by atoms with Gasteiger partial charge in [-0.15, -0.1) is 11.3 Å². The van der Waals surface area contributed by atoms with Gasteiger partial charge in [0.15, 0.2) is 0 Å². The second-order valence-corrected chi connectivity index (χ2v) is 8.41. The standard InChI is InChI=1S/C21H13ClN2O4S/c22-11-6-7-13-12(8-11)21(20(28)23-13)9-14(25)24-16-15(10-4-2-1-3-5-10)17(19(26)27)29-18(16)21/h1-8H,9H2,(H,23,28)(H,24,25)(H,26,27)/t21-/m1/s1. The zero-order valence-corrected chi connectivity index (χ0v) is 16.4. The number of anilines is 2. The zero-order chi connectivity index (χ0) is 20.3. The molecular weight excluding hydrogens is 412 g/mol. The van der Waals surface area contributed by atoms with Crippen LogP contribution in [0.4, 0.5) is 11.4 Å². The summed E-state index contributed by atoms with van der Waals surface area (Å²) in [7, 11) is 0. The minimum Gasteiger partial charge on any atom is -0.477 e. The molecule has 0 saturated heterocycles. The van der Waals surface area contributed by atoms with Crippen molar-refractivity contribution in [2.45, 2.75) is 11.8 Å². The van der Waals surface area contributed by atoms with Crippen LogP contribution in [0.3, 0.4) is 0 Å². The molecule has 1 aromatic heterocycles. The molecule has 5 rings (SSSR count). The quantitative estimate of drug-likeness (QED) is 0.570. The number of aromatic carboxylic acids is 1. The third-order valence-corrected chi connectivity index (χ3v) is 6.89. The fourth-order valence-electron chi connectivity index (χ4n) is 4.12. The lowest BCUT2D eigenvalue weighted by Crippen LogP contribution is -2.42. The van der Waals surface area contributed by atoms with Crippen molar-refractivity contribution in [1.29, 1.82) is 0 Å². The monoisotopic (exact) mass is 424 g/mol. The maximum absolute atomic E-state index is 13.2. The van der Waals surface area contributed by atoms with Crippen molar-refractivity contribution in [3.63, 3.8) is 0 Å². The topological polar surface area (TPSA) is 95.5 Å². The summed E-state index contributed by atoms with van der Waals surface area (Å²) in [6.07, 6.45) is -0.118. The van der Waals surface area contributed by atoms with E-state index in [9.17, 15) is 19.5 Å². The minimum absolute atomic E-state index is 0.0750. The van der Waals surface area contributed by atoms with Gasteiger partial charge in [0.2, 0.25) is 11.8 Å². The lowest BCUT2D eigenvalue weighted by Gasteiger charge is -2.31. The predicted octanol–water partition coefficient (Wildman–Crippen LogP) is 4.35. The number of fused-ring (bicyclic) bond motifs is 4.